The van der Waals surface area contributed by atoms with Gasteiger partial charge in [0.2, 0.25) is 5.95 Å². The quantitative estimate of drug-likeness (QED) is 0.372. The van der Waals surface area contributed by atoms with E-state index < -0.39 is 41.7 Å². The van der Waals surface area contributed by atoms with Gasteiger partial charge in [-0.15, -0.1) is 0 Å². The number of hydrogen-bond donors (Lipinski definition) is 0. The Morgan fingerprint density at radius 2 is 1.55 bits per heavy atom. The summed E-state index contributed by atoms with van der Waals surface area (Å²) in [4.78, 5) is 27.5. The van der Waals surface area contributed by atoms with E-state index in [-0.39, 0.29) is 22.9 Å². The molecule has 1 saturated heterocycles. The molecule has 40 heavy (non-hydrogen) atoms. The highest BCUT2D eigenvalue weighted by Crippen LogP contribution is 2.37. The Balaban J connectivity index is 1.72. The number of piperazine rings is 1. The smallest absolute Gasteiger partial charge is 0.338 e. The van der Waals surface area contributed by atoms with Crippen LogP contribution in [0.5, 0.6) is 0 Å². The molecule has 1 aliphatic heterocycles. The van der Waals surface area contributed by atoms with Gasteiger partial charge in [-0.3, -0.25) is 4.79 Å². The van der Waals surface area contributed by atoms with Gasteiger partial charge in [0.15, 0.2) is 0 Å². The molecular formula is C27H26F7N5O. The number of halogens is 7. The predicted octanol–water partition coefficient (Wildman–Crippen LogP) is 5.65. The number of hydrogen-bond acceptors (Lipinski definition) is 5. The molecule has 1 aromatic heterocycles. The third-order valence-corrected chi connectivity index (χ3v) is 6.65. The summed E-state index contributed by atoms with van der Waals surface area (Å²) in [6.07, 6.45) is -8.75. The zero-order valence-electron chi connectivity index (χ0n) is 21.9. The van der Waals surface area contributed by atoms with Crippen molar-refractivity contribution in [3.8, 4) is 11.3 Å². The zero-order chi connectivity index (χ0) is 29.4. The molecule has 6 nitrogen and oxygen atoms in total. The van der Waals surface area contributed by atoms with E-state index in [4.69, 9.17) is 0 Å². The van der Waals surface area contributed by atoms with Crippen LogP contribution in [0.4, 0.5) is 36.7 Å². The van der Waals surface area contributed by atoms with Gasteiger partial charge in [-0.2, -0.15) is 26.3 Å². The standard InChI is InChI=1S/C27H26F7N5O/c1-16-10-20(28)4-5-21(16)23-22(14-35-25(36-23)39-8-6-37(2)7-9-39)24(40)38(3)15-17-11-18(26(29,30)31)13-19(12-17)27(32,33)34/h4-5,10-14H,6-9,15H2,1-3H3. The highest BCUT2D eigenvalue weighted by molar-refractivity contribution is 6.00. The molecule has 1 amide bonds. The number of likely N-dealkylation sites (N-methyl/N-ethyl adjacent to an activating group) is 1. The lowest BCUT2D eigenvalue weighted by atomic mass is 10.0. The SMILES string of the molecule is Cc1cc(F)ccc1-c1nc(N2CCN(C)CC2)ncc1C(=O)N(C)Cc1cc(C(F)(F)F)cc(C(F)(F)F)c1. The van der Waals surface area contributed by atoms with Gasteiger partial charge >= 0.3 is 12.4 Å². The molecule has 1 fully saturated rings. The number of carbonyl (C=O) groups is 1. The minimum atomic E-state index is -5.02. The van der Waals surface area contributed by atoms with E-state index in [0.717, 1.165) is 18.0 Å². The lowest BCUT2D eigenvalue weighted by molar-refractivity contribution is -0.143. The maximum absolute atomic E-state index is 13.9. The van der Waals surface area contributed by atoms with Crippen molar-refractivity contribution in [3.05, 3.63) is 76.2 Å². The number of carbonyl (C=O) groups excluding carboxylic acids is 1. The number of aryl methyl sites for hydroxylation is 1. The minimum Gasteiger partial charge on any atom is -0.338 e. The van der Waals surface area contributed by atoms with Crippen molar-refractivity contribution < 1.29 is 35.5 Å². The average Bonchev–Trinajstić information content (AvgIpc) is 2.87. The summed E-state index contributed by atoms with van der Waals surface area (Å²) in [7, 11) is 3.23. The van der Waals surface area contributed by atoms with Crippen LogP contribution in [0.25, 0.3) is 11.3 Å². The van der Waals surface area contributed by atoms with Gasteiger partial charge in [0.05, 0.1) is 22.4 Å². The van der Waals surface area contributed by atoms with Gasteiger partial charge in [0, 0.05) is 51.5 Å². The largest absolute Gasteiger partial charge is 0.416 e. The molecule has 0 saturated carbocycles. The van der Waals surface area contributed by atoms with Crippen LogP contribution in [0.3, 0.4) is 0 Å². The Bertz CT molecular complexity index is 1370. The van der Waals surface area contributed by atoms with Crippen molar-refractivity contribution in [1.29, 1.82) is 0 Å². The van der Waals surface area contributed by atoms with Crippen molar-refractivity contribution >= 4 is 11.9 Å². The number of benzene rings is 2. The second-order valence-electron chi connectivity index (χ2n) is 9.76. The number of nitrogens with zero attached hydrogens (tertiary/aromatic N) is 5. The van der Waals surface area contributed by atoms with E-state index in [9.17, 15) is 35.5 Å². The molecule has 4 rings (SSSR count). The van der Waals surface area contributed by atoms with Crippen LogP contribution in [0, 0.1) is 12.7 Å². The average molecular weight is 570 g/mol. The lowest BCUT2D eigenvalue weighted by Gasteiger charge is -2.32. The molecule has 2 heterocycles. The Morgan fingerprint density at radius 3 is 2.10 bits per heavy atom. The number of rotatable bonds is 5. The second-order valence-corrected chi connectivity index (χ2v) is 9.76. The highest BCUT2D eigenvalue weighted by atomic mass is 19.4. The first kappa shape index (κ1) is 29.2. The highest BCUT2D eigenvalue weighted by Gasteiger charge is 2.37. The first-order valence-corrected chi connectivity index (χ1v) is 12.2. The van der Waals surface area contributed by atoms with Crippen LogP contribution >= 0.6 is 0 Å². The van der Waals surface area contributed by atoms with E-state index in [2.05, 4.69) is 14.9 Å². The summed E-state index contributed by atoms with van der Waals surface area (Å²) in [6, 6.07) is 5.13. The monoisotopic (exact) mass is 569 g/mol. The molecule has 13 heteroatoms. The molecule has 0 atom stereocenters. The molecule has 214 valence electrons. The van der Waals surface area contributed by atoms with E-state index in [1.807, 2.05) is 11.9 Å². The normalized spacial score (nSPS) is 14.9. The number of anilines is 1. The van der Waals surface area contributed by atoms with Gasteiger partial charge in [-0.05, 0) is 61.5 Å². The Kier molecular flexibility index (Phi) is 8.06. The Morgan fingerprint density at radius 1 is 0.950 bits per heavy atom. The molecule has 0 radical (unpaired) electrons. The zero-order valence-corrected chi connectivity index (χ0v) is 21.9. The molecule has 0 bridgehead atoms. The number of amides is 1. The Labute approximate surface area is 226 Å². The van der Waals surface area contributed by atoms with Crippen molar-refractivity contribution in [2.45, 2.75) is 25.8 Å². The fourth-order valence-electron chi connectivity index (χ4n) is 4.45. The maximum atomic E-state index is 13.9. The summed E-state index contributed by atoms with van der Waals surface area (Å²) in [6.45, 7) is 3.86. The Hall–Kier alpha value is -3.74. The van der Waals surface area contributed by atoms with Crippen LogP contribution < -0.4 is 4.90 Å². The molecule has 0 spiro atoms. The van der Waals surface area contributed by atoms with Gasteiger partial charge in [-0.25, -0.2) is 14.4 Å². The summed E-state index contributed by atoms with van der Waals surface area (Å²) in [5.74, 6) is -0.877. The van der Waals surface area contributed by atoms with Crippen molar-refractivity contribution in [1.82, 2.24) is 19.8 Å². The van der Waals surface area contributed by atoms with E-state index >= 15 is 0 Å². The minimum absolute atomic E-state index is 0.0295. The molecule has 1 aliphatic rings. The lowest BCUT2D eigenvalue weighted by Crippen LogP contribution is -2.45. The number of alkyl halides is 6. The first-order chi connectivity index (χ1) is 18.6. The molecule has 3 aromatic rings. The summed E-state index contributed by atoms with van der Waals surface area (Å²) in [5, 5.41) is 0. The molecule has 0 aliphatic carbocycles. The molecule has 0 N–H and O–H groups in total. The fourth-order valence-corrected chi connectivity index (χ4v) is 4.45. The number of aromatic nitrogens is 2. The predicted molar refractivity (Wildman–Crippen MR) is 134 cm³/mol. The van der Waals surface area contributed by atoms with Crippen molar-refractivity contribution in [3.63, 3.8) is 0 Å². The van der Waals surface area contributed by atoms with Crippen LogP contribution in [0.15, 0.2) is 42.6 Å². The van der Waals surface area contributed by atoms with E-state index in [1.54, 1.807) is 6.92 Å². The van der Waals surface area contributed by atoms with Crippen molar-refractivity contribution in [2.75, 3.05) is 45.2 Å². The molecular weight excluding hydrogens is 543 g/mol. The molecule has 0 unspecified atom stereocenters. The second kappa shape index (κ2) is 11.0. The van der Waals surface area contributed by atoms with Crippen LogP contribution in [0.2, 0.25) is 0 Å². The topological polar surface area (TPSA) is 52.6 Å². The first-order valence-electron chi connectivity index (χ1n) is 12.2. The third-order valence-electron chi connectivity index (χ3n) is 6.65. The van der Waals surface area contributed by atoms with E-state index in [1.165, 1.54) is 31.4 Å². The van der Waals surface area contributed by atoms with Crippen LogP contribution in [-0.2, 0) is 18.9 Å². The fraction of sp³-hybridized carbons (Fsp3) is 0.370. The van der Waals surface area contributed by atoms with Crippen molar-refractivity contribution in [2.24, 2.45) is 0 Å². The van der Waals surface area contributed by atoms with E-state index in [0.29, 0.717) is 42.3 Å². The summed E-state index contributed by atoms with van der Waals surface area (Å²) < 4.78 is 93.8. The summed E-state index contributed by atoms with van der Waals surface area (Å²) in [5.41, 5.74) is -2.23. The van der Waals surface area contributed by atoms with Gasteiger partial charge in [0.1, 0.15) is 5.82 Å². The van der Waals surface area contributed by atoms with Crippen LogP contribution in [0.1, 0.15) is 32.6 Å². The molecule has 2 aromatic carbocycles. The van der Waals surface area contributed by atoms with Gasteiger partial charge in [-0.1, -0.05) is 0 Å². The van der Waals surface area contributed by atoms with Gasteiger partial charge in [0.25, 0.3) is 5.91 Å². The van der Waals surface area contributed by atoms with Crippen LogP contribution in [-0.4, -0.2) is 65.9 Å². The third kappa shape index (κ3) is 6.52. The summed E-state index contributed by atoms with van der Waals surface area (Å²) >= 11 is 0. The van der Waals surface area contributed by atoms with Gasteiger partial charge < -0.3 is 14.7 Å². The maximum Gasteiger partial charge on any atom is 0.416 e.